The van der Waals surface area contributed by atoms with Gasteiger partial charge < -0.3 is 10.6 Å². The second kappa shape index (κ2) is 4.82. The molecule has 1 rings (SSSR count). The van der Waals surface area contributed by atoms with Crippen LogP contribution in [0.4, 0.5) is 5.69 Å². The van der Waals surface area contributed by atoms with Gasteiger partial charge in [-0.25, -0.2) is 0 Å². The van der Waals surface area contributed by atoms with Crippen LogP contribution in [-0.4, -0.2) is 25.1 Å². The molecule has 0 aromatic carbocycles. The average Bonchev–Trinajstić information content (AvgIpc) is 2.19. The first-order valence-corrected chi connectivity index (χ1v) is 4.55. The molecule has 0 spiro atoms. The Hall–Kier alpha value is -1.09. The van der Waals surface area contributed by atoms with Crippen LogP contribution in [0.3, 0.4) is 0 Å². The minimum atomic E-state index is 0.519. The van der Waals surface area contributed by atoms with E-state index in [1.54, 1.807) is 6.20 Å². The Morgan fingerprint density at radius 3 is 2.92 bits per heavy atom. The molecule has 13 heavy (non-hydrogen) atoms. The number of aromatic nitrogens is 1. The Bertz CT molecular complexity index is 235. The summed E-state index contributed by atoms with van der Waals surface area (Å²) in [6.45, 7) is 3.85. The Labute approximate surface area is 79.6 Å². The van der Waals surface area contributed by atoms with Crippen molar-refractivity contribution in [3.05, 3.63) is 24.5 Å². The highest BCUT2D eigenvalue weighted by Gasteiger charge is 2.04. The van der Waals surface area contributed by atoms with Crippen molar-refractivity contribution < 1.29 is 0 Å². The van der Waals surface area contributed by atoms with Gasteiger partial charge in [-0.15, -0.1) is 0 Å². The lowest BCUT2D eigenvalue weighted by Gasteiger charge is -2.21. The maximum atomic E-state index is 5.56. The molecule has 72 valence electrons. The Morgan fingerprint density at radius 2 is 2.38 bits per heavy atom. The van der Waals surface area contributed by atoms with E-state index in [2.05, 4.69) is 29.9 Å². The van der Waals surface area contributed by atoms with Crippen molar-refractivity contribution >= 4 is 5.69 Å². The maximum Gasteiger partial charge on any atom is 0.0550 e. The van der Waals surface area contributed by atoms with Crippen molar-refractivity contribution in [2.24, 2.45) is 11.7 Å². The van der Waals surface area contributed by atoms with Gasteiger partial charge in [-0.3, -0.25) is 4.98 Å². The summed E-state index contributed by atoms with van der Waals surface area (Å²) >= 11 is 0. The highest BCUT2D eigenvalue weighted by Crippen LogP contribution is 2.10. The summed E-state index contributed by atoms with van der Waals surface area (Å²) in [5, 5.41) is 0. The van der Waals surface area contributed by atoms with Gasteiger partial charge in [-0.1, -0.05) is 6.92 Å². The second-order valence-corrected chi connectivity index (χ2v) is 3.43. The number of rotatable bonds is 4. The molecule has 0 aliphatic heterocycles. The second-order valence-electron chi connectivity index (χ2n) is 3.43. The van der Waals surface area contributed by atoms with Gasteiger partial charge in [0.2, 0.25) is 0 Å². The predicted molar refractivity (Wildman–Crippen MR) is 55.7 cm³/mol. The third-order valence-electron chi connectivity index (χ3n) is 2.07. The quantitative estimate of drug-likeness (QED) is 0.753. The first kappa shape index (κ1) is 9.99. The first-order valence-electron chi connectivity index (χ1n) is 4.55. The molecule has 0 saturated heterocycles. The summed E-state index contributed by atoms with van der Waals surface area (Å²) in [5.74, 6) is 0.519. The molecular formula is C10H17N3. The monoisotopic (exact) mass is 179 g/mol. The lowest BCUT2D eigenvalue weighted by Crippen LogP contribution is -2.28. The van der Waals surface area contributed by atoms with Gasteiger partial charge in [0.05, 0.1) is 11.9 Å². The minimum Gasteiger partial charge on any atom is -0.373 e. The highest BCUT2D eigenvalue weighted by molar-refractivity contribution is 5.42. The van der Waals surface area contributed by atoms with Gasteiger partial charge in [-0.05, 0) is 24.6 Å². The molecule has 2 N–H and O–H groups in total. The normalized spacial score (nSPS) is 12.5. The van der Waals surface area contributed by atoms with Crippen LogP contribution in [-0.2, 0) is 0 Å². The third kappa shape index (κ3) is 3.03. The molecule has 0 fully saturated rings. The molecule has 0 saturated carbocycles. The third-order valence-corrected chi connectivity index (χ3v) is 2.07. The summed E-state index contributed by atoms with van der Waals surface area (Å²) < 4.78 is 0. The van der Waals surface area contributed by atoms with Crippen molar-refractivity contribution in [2.45, 2.75) is 6.92 Å². The summed E-state index contributed by atoms with van der Waals surface area (Å²) in [6.07, 6.45) is 3.65. The predicted octanol–water partition coefficient (Wildman–Crippen LogP) is 1.11. The minimum absolute atomic E-state index is 0.519. The number of nitrogens with two attached hydrogens (primary N) is 1. The van der Waals surface area contributed by atoms with Crippen molar-refractivity contribution in [1.29, 1.82) is 0 Å². The van der Waals surface area contributed by atoms with Crippen molar-refractivity contribution in [3.63, 3.8) is 0 Å². The van der Waals surface area contributed by atoms with E-state index in [-0.39, 0.29) is 0 Å². The van der Waals surface area contributed by atoms with E-state index in [4.69, 9.17) is 5.73 Å². The average molecular weight is 179 g/mol. The number of hydrogen-bond donors (Lipinski definition) is 1. The number of hydrogen-bond acceptors (Lipinski definition) is 3. The molecule has 3 nitrogen and oxygen atoms in total. The number of pyridine rings is 1. The molecule has 3 heteroatoms. The molecule has 0 radical (unpaired) electrons. The molecule has 1 aromatic heterocycles. The Kier molecular flexibility index (Phi) is 3.71. The summed E-state index contributed by atoms with van der Waals surface area (Å²) in [6, 6.07) is 4.00. The van der Waals surface area contributed by atoms with Gasteiger partial charge in [0.15, 0.2) is 0 Å². The zero-order valence-electron chi connectivity index (χ0n) is 8.27. The molecule has 1 atom stereocenters. The van der Waals surface area contributed by atoms with Gasteiger partial charge in [0.1, 0.15) is 0 Å². The van der Waals surface area contributed by atoms with Crippen LogP contribution in [0.1, 0.15) is 6.92 Å². The van der Waals surface area contributed by atoms with E-state index in [1.165, 1.54) is 0 Å². The molecule has 1 aromatic rings. The molecular weight excluding hydrogens is 162 g/mol. The fraction of sp³-hybridized carbons (Fsp3) is 0.500. The van der Waals surface area contributed by atoms with Gasteiger partial charge in [0.25, 0.3) is 0 Å². The molecule has 0 amide bonds. The van der Waals surface area contributed by atoms with Crippen molar-refractivity contribution in [1.82, 2.24) is 4.98 Å². The van der Waals surface area contributed by atoms with Crippen LogP contribution in [0.15, 0.2) is 24.5 Å². The fourth-order valence-corrected chi connectivity index (χ4v) is 1.23. The lowest BCUT2D eigenvalue weighted by molar-refractivity contribution is 0.590. The van der Waals surface area contributed by atoms with E-state index < -0.39 is 0 Å². The van der Waals surface area contributed by atoms with Crippen LogP contribution in [0, 0.1) is 5.92 Å². The topological polar surface area (TPSA) is 42.1 Å². The van der Waals surface area contributed by atoms with Gasteiger partial charge >= 0.3 is 0 Å². The summed E-state index contributed by atoms with van der Waals surface area (Å²) in [7, 11) is 2.06. The molecule has 0 aliphatic carbocycles. The van der Waals surface area contributed by atoms with Crippen molar-refractivity contribution in [3.8, 4) is 0 Å². The summed E-state index contributed by atoms with van der Waals surface area (Å²) in [5.41, 5.74) is 6.70. The zero-order chi connectivity index (χ0) is 9.68. The van der Waals surface area contributed by atoms with E-state index in [9.17, 15) is 0 Å². The smallest absolute Gasteiger partial charge is 0.0550 e. The molecule has 1 unspecified atom stereocenters. The summed E-state index contributed by atoms with van der Waals surface area (Å²) in [4.78, 5) is 6.24. The number of anilines is 1. The van der Waals surface area contributed by atoms with Gasteiger partial charge in [-0.2, -0.15) is 0 Å². The van der Waals surface area contributed by atoms with Crippen molar-refractivity contribution in [2.75, 3.05) is 25.0 Å². The molecule has 0 bridgehead atoms. The van der Waals surface area contributed by atoms with E-state index >= 15 is 0 Å². The first-order chi connectivity index (χ1) is 6.24. The van der Waals surface area contributed by atoms with E-state index in [1.807, 2.05) is 12.3 Å². The number of nitrogens with zero attached hydrogens (tertiary/aromatic N) is 2. The highest BCUT2D eigenvalue weighted by atomic mass is 15.1. The van der Waals surface area contributed by atoms with Crippen LogP contribution >= 0.6 is 0 Å². The maximum absolute atomic E-state index is 5.56. The SMILES string of the molecule is CC(CN)CN(C)c1cccnc1. The van der Waals surface area contributed by atoms with Crippen LogP contribution in [0.5, 0.6) is 0 Å². The van der Waals surface area contributed by atoms with Crippen LogP contribution < -0.4 is 10.6 Å². The Morgan fingerprint density at radius 1 is 1.62 bits per heavy atom. The van der Waals surface area contributed by atoms with Crippen LogP contribution in [0.25, 0.3) is 0 Å². The molecule has 0 aliphatic rings. The molecule has 1 heterocycles. The largest absolute Gasteiger partial charge is 0.373 e. The van der Waals surface area contributed by atoms with E-state index in [0.717, 1.165) is 18.8 Å². The van der Waals surface area contributed by atoms with Crippen LogP contribution in [0.2, 0.25) is 0 Å². The standard InChI is InChI=1S/C10H17N3/c1-9(6-11)8-13(2)10-4-3-5-12-7-10/h3-5,7,9H,6,8,11H2,1-2H3. The van der Waals surface area contributed by atoms with E-state index in [0.29, 0.717) is 5.92 Å². The zero-order valence-corrected chi connectivity index (χ0v) is 8.27. The fourth-order valence-electron chi connectivity index (χ4n) is 1.23. The Balaban J connectivity index is 2.53. The van der Waals surface area contributed by atoms with Gasteiger partial charge in [0, 0.05) is 19.8 Å². The lowest BCUT2D eigenvalue weighted by atomic mass is 10.1.